The number of hydrogen-bond acceptors (Lipinski definition) is 6. The Hall–Kier alpha value is -2.64. The van der Waals surface area contributed by atoms with Gasteiger partial charge in [-0.1, -0.05) is 12.1 Å². The maximum Gasteiger partial charge on any atom is 0.408 e. The number of nitrogens with one attached hydrogen (secondary N) is 1. The average molecular weight is 324 g/mol. The fourth-order valence-electron chi connectivity index (χ4n) is 1.82. The van der Waals surface area contributed by atoms with Crippen LogP contribution in [0.25, 0.3) is 0 Å². The van der Waals surface area contributed by atoms with E-state index < -0.39 is 28.6 Å². The van der Waals surface area contributed by atoms with Crippen molar-refractivity contribution in [2.24, 2.45) is 0 Å². The molecule has 0 aliphatic carbocycles. The summed E-state index contributed by atoms with van der Waals surface area (Å²) in [5.41, 5.74) is -0.287. The van der Waals surface area contributed by atoms with Crippen molar-refractivity contribution in [1.29, 1.82) is 0 Å². The number of esters is 1. The molecule has 0 fully saturated rings. The molecule has 0 aliphatic heterocycles. The number of methoxy groups -OCH3 is 1. The van der Waals surface area contributed by atoms with Crippen LogP contribution in [0.3, 0.4) is 0 Å². The second-order valence-electron chi connectivity index (χ2n) is 5.85. The number of rotatable bonds is 5. The van der Waals surface area contributed by atoms with Crippen molar-refractivity contribution in [3.8, 4) is 0 Å². The Balaban J connectivity index is 2.87. The number of non-ortho nitro benzene ring substituents is 1. The average Bonchev–Trinajstić information content (AvgIpc) is 2.44. The number of alkyl carbamates (subject to hydrolysis) is 1. The summed E-state index contributed by atoms with van der Waals surface area (Å²) in [5, 5.41) is 13.2. The van der Waals surface area contributed by atoms with E-state index in [2.05, 4.69) is 10.1 Å². The fourth-order valence-corrected chi connectivity index (χ4v) is 1.82. The van der Waals surface area contributed by atoms with Crippen LogP contribution in [-0.4, -0.2) is 35.7 Å². The molecule has 1 aromatic carbocycles. The molecule has 0 radical (unpaired) electrons. The smallest absolute Gasteiger partial charge is 0.408 e. The van der Waals surface area contributed by atoms with Gasteiger partial charge in [-0.25, -0.2) is 9.59 Å². The Morgan fingerprint density at radius 3 is 2.52 bits per heavy atom. The molecule has 1 atom stereocenters. The highest BCUT2D eigenvalue weighted by Crippen LogP contribution is 2.15. The van der Waals surface area contributed by atoms with Gasteiger partial charge in [0.15, 0.2) is 0 Å². The Bertz CT molecular complexity index is 594. The van der Waals surface area contributed by atoms with E-state index in [4.69, 9.17) is 4.74 Å². The molecule has 0 spiro atoms. The van der Waals surface area contributed by atoms with Crippen molar-refractivity contribution < 1.29 is 24.0 Å². The van der Waals surface area contributed by atoms with Crippen LogP contribution >= 0.6 is 0 Å². The summed E-state index contributed by atoms with van der Waals surface area (Å²) in [6.45, 7) is 5.08. The lowest BCUT2D eigenvalue weighted by Gasteiger charge is -2.22. The highest BCUT2D eigenvalue weighted by molar-refractivity contribution is 5.81. The largest absolute Gasteiger partial charge is 0.467 e. The highest BCUT2D eigenvalue weighted by Gasteiger charge is 2.25. The van der Waals surface area contributed by atoms with Gasteiger partial charge in [0.2, 0.25) is 0 Å². The quantitative estimate of drug-likeness (QED) is 0.505. The first-order valence-electron chi connectivity index (χ1n) is 6.93. The standard InChI is InChI=1S/C15H20N2O6/c1-15(2,3)23-14(19)16-12(13(18)22-4)9-10-6-5-7-11(8-10)17(20)21/h5-8,12H,9H2,1-4H3,(H,16,19). The second kappa shape index (κ2) is 7.57. The monoisotopic (exact) mass is 324 g/mol. The summed E-state index contributed by atoms with van der Waals surface area (Å²) >= 11 is 0. The first kappa shape index (κ1) is 18.4. The number of amides is 1. The van der Waals surface area contributed by atoms with E-state index in [1.807, 2.05) is 0 Å². The molecule has 1 unspecified atom stereocenters. The summed E-state index contributed by atoms with van der Waals surface area (Å²) in [6.07, 6.45) is -0.716. The minimum Gasteiger partial charge on any atom is -0.467 e. The van der Waals surface area contributed by atoms with Gasteiger partial charge in [-0.2, -0.15) is 0 Å². The molecule has 1 N–H and O–H groups in total. The van der Waals surface area contributed by atoms with Crippen molar-refractivity contribution in [2.45, 2.75) is 38.8 Å². The van der Waals surface area contributed by atoms with Gasteiger partial charge in [0.05, 0.1) is 12.0 Å². The van der Waals surface area contributed by atoms with Crippen molar-refractivity contribution >= 4 is 17.7 Å². The van der Waals surface area contributed by atoms with Crippen LogP contribution in [0.1, 0.15) is 26.3 Å². The molecule has 0 aromatic heterocycles. The minimum atomic E-state index is -1.00. The molecule has 8 heteroatoms. The topological polar surface area (TPSA) is 108 Å². The molecule has 0 bridgehead atoms. The Kier molecular flexibility index (Phi) is 6.06. The molecule has 0 heterocycles. The van der Waals surface area contributed by atoms with Crippen molar-refractivity contribution in [1.82, 2.24) is 5.32 Å². The van der Waals surface area contributed by atoms with Crippen LogP contribution in [-0.2, 0) is 20.7 Å². The maximum absolute atomic E-state index is 11.8. The third-order valence-electron chi connectivity index (χ3n) is 2.74. The molecule has 1 rings (SSSR count). The van der Waals surface area contributed by atoms with Crippen LogP contribution in [0.4, 0.5) is 10.5 Å². The Morgan fingerprint density at radius 2 is 2.00 bits per heavy atom. The van der Waals surface area contributed by atoms with Gasteiger partial charge in [-0.15, -0.1) is 0 Å². The summed E-state index contributed by atoms with van der Waals surface area (Å²) in [6, 6.07) is 4.82. The fraction of sp³-hybridized carbons (Fsp3) is 0.467. The van der Waals surface area contributed by atoms with Crippen molar-refractivity contribution in [3.63, 3.8) is 0 Å². The van der Waals surface area contributed by atoms with Gasteiger partial charge in [0.25, 0.3) is 5.69 Å². The molecular weight excluding hydrogens is 304 g/mol. The molecule has 8 nitrogen and oxygen atoms in total. The molecule has 1 amide bonds. The highest BCUT2D eigenvalue weighted by atomic mass is 16.6. The molecule has 23 heavy (non-hydrogen) atoms. The van der Waals surface area contributed by atoms with Gasteiger partial charge in [-0.05, 0) is 26.3 Å². The first-order valence-corrected chi connectivity index (χ1v) is 6.93. The van der Waals surface area contributed by atoms with E-state index in [0.29, 0.717) is 5.56 Å². The zero-order chi connectivity index (χ0) is 17.6. The van der Waals surface area contributed by atoms with Crippen LogP contribution in [0.15, 0.2) is 24.3 Å². The lowest BCUT2D eigenvalue weighted by Crippen LogP contribution is -2.45. The van der Waals surface area contributed by atoms with Gasteiger partial charge in [0, 0.05) is 18.6 Å². The SMILES string of the molecule is COC(=O)C(Cc1cccc([N+](=O)[O-])c1)NC(=O)OC(C)(C)C. The number of carbonyl (C=O) groups is 2. The van der Waals surface area contributed by atoms with Crippen molar-refractivity contribution in [3.05, 3.63) is 39.9 Å². The first-order chi connectivity index (χ1) is 10.6. The number of carbonyl (C=O) groups excluding carboxylic acids is 2. The normalized spacial score (nSPS) is 12.2. The van der Waals surface area contributed by atoms with Gasteiger partial charge < -0.3 is 14.8 Å². The van der Waals surface area contributed by atoms with Gasteiger partial charge in [-0.3, -0.25) is 10.1 Å². The number of hydrogen-bond donors (Lipinski definition) is 1. The Labute approximate surface area is 133 Å². The number of nitrogens with zero attached hydrogens (tertiary/aromatic N) is 1. The van der Waals surface area contributed by atoms with E-state index in [1.54, 1.807) is 26.8 Å². The number of ether oxygens (including phenoxy) is 2. The van der Waals surface area contributed by atoms with E-state index in [1.165, 1.54) is 25.3 Å². The van der Waals surface area contributed by atoms with Crippen LogP contribution in [0, 0.1) is 10.1 Å². The van der Waals surface area contributed by atoms with Gasteiger partial charge >= 0.3 is 12.1 Å². The molecule has 126 valence electrons. The molecule has 0 aliphatic rings. The lowest BCUT2D eigenvalue weighted by atomic mass is 10.1. The molecule has 1 aromatic rings. The summed E-state index contributed by atoms with van der Waals surface area (Å²) in [5.74, 6) is -0.664. The predicted octanol–water partition coefficient (Wildman–Crippen LogP) is 2.20. The second-order valence-corrected chi connectivity index (χ2v) is 5.85. The predicted molar refractivity (Wildman–Crippen MR) is 82.0 cm³/mol. The molecule has 0 saturated heterocycles. The zero-order valence-electron chi connectivity index (χ0n) is 13.5. The molecular formula is C15H20N2O6. The zero-order valence-corrected chi connectivity index (χ0v) is 13.5. The van der Waals surface area contributed by atoms with E-state index >= 15 is 0 Å². The molecule has 0 saturated carbocycles. The number of benzene rings is 1. The lowest BCUT2D eigenvalue weighted by molar-refractivity contribution is -0.384. The van der Waals surface area contributed by atoms with E-state index in [9.17, 15) is 19.7 Å². The number of nitro groups is 1. The third kappa shape index (κ3) is 6.33. The van der Waals surface area contributed by atoms with Crippen LogP contribution in [0.2, 0.25) is 0 Å². The summed E-state index contributed by atoms with van der Waals surface area (Å²) in [7, 11) is 1.19. The minimum absolute atomic E-state index is 0.0492. The van der Waals surface area contributed by atoms with Crippen LogP contribution < -0.4 is 5.32 Å². The maximum atomic E-state index is 11.8. The number of nitro benzene ring substituents is 1. The van der Waals surface area contributed by atoms with E-state index in [0.717, 1.165) is 0 Å². The summed E-state index contributed by atoms with van der Waals surface area (Å²) in [4.78, 5) is 33.9. The van der Waals surface area contributed by atoms with Crippen LogP contribution in [0.5, 0.6) is 0 Å². The van der Waals surface area contributed by atoms with Crippen molar-refractivity contribution in [2.75, 3.05) is 7.11 Å². The van der Waals surface area contributed by atoms with E-state index in [-0.39, 0.29) is 12.1 Å². The Morgan fingerprint density at radius 1 is 1.35 bits per heavy atom. The summed E-state index contributed by atoms with van der Waals surface area (Å²) < 4.78 is 9.75. The third-order valence-corrected chi connectivity index (χ3v) is 2.74. The van der Waals surface area contributed by atoms with Gasteiger partial charge in [0.1, 0.15) is 11.6 Å².